The van der Waals surface area contributed by atoms with Gasteiger partial charge in [0.25, 0.3) is 0 Å². The van der Waals surface area contributed by atoms with Gasteiger partial charge in [-0.05, 0) is 60.7 Å². The van der Waals surface area contributed by atoms with Gasteiger partial charge in [-0.15, -0.1) is 0 Å². The number of carbonyl (C=O) groups is 2. The molecule has 0 unspecified atom stereocenters. The molecule has 40 heavy (non-hydrogen) atoms. The van der Waals surface area contributed by atoms with Crippen molar-refractivity contribution in [3.8, 4) is 5.75 Å². The van der Waals surface area contributed by atoms with E-state index in [1.807, 2.05) is 93.6 Å². The standard InChI is InChI=1S/C34H32N2O4/c1-21-12-14-26(15-13-21)34-30(25-10-6-5-7-11-25)28(32(38)39-4)31(37)33(34,36-20-24-9-8-16-35-19-24)29-23(3)17-22(2)18-27(29)40-34/h5-19,28,30,36H,20H2,1-4H3/t28-,30-,33+,34+/m1/s1. The van der Waals surface area contributed by atoms with E-state index in [1.165, 1.54) is 7.11 Å². The van der Waals surface area contributed by atoms with E-state index < -0.39 is 28.9 Å². The highest BCUT2D eigenvalue weighted by Gasteiger charge is 2.78. The fourth-order valence-electron chi connectivity index (χ4n) is 6.91. The molecule has 4 atom stereocenters. The van der Waals surface area contributed by atoms with E-state index >= 15 is 4.79 Å². The van der Waals surface area contributed by atoms with Crippen LogP contribution in [-0.2, 0) is 32.0 Å². The summed E-state index contributed by atoms with van der Waals surface area (Å²) in [6.45, 7) is 6.40. The van der Waals surface area contributed by atoms with Crippen molar-refractivity contribution in [2.24, 2.45) is 5.92 Å². The first kappa shape index (κ1) is 26.0. The molecule has 0 amide bonds. The van der Waals surface area contributed by atoms with Crippen molar-refractivity contribution in [2.45, 2.75) is 44.4 Å². The van der Waals surface area contributed by atoms with Gasteiger partial charge in [-0.2, -0.15) is 0 Å². The number of esters is 1. The number of rotatable bonds is 6. The number of aromatic nitrogens is 1. The van der Waals surface area contributed by atoms with Gasteiger partial charge in [-0.1, -0.05) is 72.3 Å². The van der Waals surface area contributed by atoms with Crippen LogP contribution in [0.15, 0.2) is 91.3 Å². The molecule has 1 saturated carbocycles. The second-order valence-electron chi connectivity index (χ2n) is 10.9. The predicted molar refractivity (Wildman–Crippen MR) is 152 cm³/mol. The Morgan fingerprint density at radius 2 is 1.73 bits per heavy atom. The van der Waals surface area contributed by atoms with Crippen LogP contribution in [0.3, 0.4) is 0 Å². The summed E-state index contributed by atoms with van der Waals surface area (Å²) >= 11 is 0. The van der Waals surface area contributed by atoms with Crippen LogP contribution in [-0.4, -0.2) is 23.8 Å². The maximum atomic E-state index is 15.1. The maximum absolute atomic E-state index is 15.1. The van der Waals surface area contributed by atoms with Gasteiger partial charge in [0.1, 0.15) is 11.7 Å². The average molecular weight is 533 g/mol. The molecule has 1 aliphatic carbocycles. The molecule has 0 spiro atoms. The van der Waals surface area contributed by atoms with Gasteiger partial charge in [0, 0.05) is 24.5 Å². The van der Waals surface area contributed by atoms with Gasteiger partial charge >= 0.3 is 5.97 Å². The Morgan fingerprint density at radius 3 is 2.40 bits per heavy atom. The second kappa shape index (κ2) is 9.72. The Hall–Kier alpha value is -4.29. The molecule has 1 fully saturated rings. The minimum atomic E-state index is -1.38. The largest absolute Gasteiger partial charge is 0.479 e. The molecule has 0 bridgehead atoms. The molecule has 1 aliphatic heterocycles. The summed E-state index contributed by atoms with van der Waals surface area (Å²) in [6.07, 6.45) is 3.50. The lowest BCUT2D eigenvalue weighted by Gasteiger charge is -2.43. The second-order valence-corrected chi connectivity index (χ2v) is 10.9. The van der Waals surface area contributed by atoms with E-state index in [0.29, 0.717) is 12.3 Å². The zero-order chi connectivity index (χ0) is 28.1. The molecule has 6 rings (SSSR count). The van der Waals surface area contributed by atoms with Gasteiger partial charge < -0.3 is 9.47 Å². The summed E-state index contributed by atoms with van der Waals surface area (Å²) in [5.41, 5.74) is 3.71. The third-order valence-electron chi connectivity index (χ3n) is 8.44. The number of ketones is 1. The van der Waals surface area contributed by atoms with Crippen molar-refractivity contribution in [1.29, 1.82) is 0 Å². The zero-order valence-corrected chi connectivity index (χ0v) is 23.1. The van der Waals surface area contributed by atoms with Crippen molar-refractivity contribution >= 4 is 11.8 Å². The average Bonchev–Trinajstić information content (AvgIpc) is 3.37. The van der Waals surface area contributed by atoms with E-state index in [2.05, 4.69) is 16.4 Å². The van der Waals surface area contributed by atoms with E-state index in [0.717, 1.165) is 38.9 Å². The smallest absolute Gasteiger partial charge is 0.317 e. The van der Waals surface area contributed by atoms with Crippen molar-refractivity contribution in [1.82, 2.24) is 10.3 Å². The number of ether oxygens (including phenoxy) is 2. The minimum absolute atomic E-state index is 0.261. The predicted octanol–water partition coefficient (Wildman–Crippen LogP) is 5.44. The molecule has 4 aromatic rings. The molecule has 2 aliphatic rings. The molecular formula is C34H32N2O4. The topological polar surface area (TPSA) is 77.5 Å². The van der Waals surface area contributed by atoms with Crippen LogP contribution in [0, 0.1) is 26.7 Å². The molecule has 1 aromatic heterocycles. The fraction of sp³-hybridized carbons (Fsp3) is 0.265. The van der Waals surface area contributed by atoms with Gasteiger partial charge in [-0.3, -0.25) is 19.9 Å². The fourth-order valence-corrected chi connectivity index (χ4v) is 6.91. The summed E-state index contributed by atoms with van der Waals surface area (Å²) in [5.74, 6) is -1.94. The number of hydrogen-bond acceptors (Lipinski definition) is 6. The molecular weight excluding hydrogens is 500 g/mol. The van der Waals surface area contributed by atoms with E-state index in [-0.39, 0.29) is 5.78 Å². The summed E-state index contributed by atoms with van der Waals surface area (Å²) in [6, 6.07) is 25.7. The van der Waals surface area contributed by atoms with Crippen LogP contribution in [0.1, 0.15) is 44.9 Å². The van der Waals surface area contributed by atoms with E-state index in [1.54, 1.807) is 12.4 Å². The SMILES string of the molecule is COC(=O)[C@H]1C(=O)[C@@]2(NCc3cccnc3)c3c(C)cc(C)cc3O[C@@]2(c2ccc(C)cc2)[C@@H]1c1ccccc1. The summed E-state index contributed by atoms with van der Waals surface area (Å²) < 4.78 is 12.5. The van der Waals surface area contributed by atoms with Gasteiger partial charge in [0.05, 0.1) is 13.0 Å². The summed E-state index contributed by atoms with van der Waals surface area (Å²) in [5, 5.41) is 3.68. The van der Waals surface area contributed by atoms with Gasteiger partial charge in [-0.25, -0.2) is 0 Å². The molecule has 202 valence electrons. The third kappa shape index (κ3) is 3.63. The number of fused-ring (bicyclic) bond motifs is 3. The zero-order valence-electron chi connectivity index (χ0n) is 23.1. The Balaban J connectivity index is 1.72. The number of methoxy groups -OCH3 is 1. The van der Waals surface area contributed by atoms with Crippen LogP contribution in [0.2, 0.25) is 0 Å². The molecule has 1 N–H and O–H groups in total. The number of pyridine rings is 1. The first-order valence-electron chi connectivity index (χ1n) is 13.5. The lowest BCUT2D eigenvalue weighted by Crippen LogP contribution is -2.59. The van der Waals surface area contributed by atoms with Gasteiger partial charge in [0.15, 0.2) is 16.9 Å². The first-order valence-corrected chi connectivity index (χ1v) is 13.5. The number of aryl methyl sites for hydroxylation is 3. The monoisotopic (exact) mass is 532 g/mol. The maximum Gasteiger partial charge on any atom is 0.317 e. The molecule has 6 nitrogen and oxygen atoms in total. The highest BCUT2D eigenvalue weighted by molar-refractivity contribution is 6.10. The minimum Gasteiger partial charge on any atom is -0.479 e. The molecule has 0 radical (unpaired) electrons. The number of Topliss-reactive ketones (excluding diaryl/α,β-unsaturated/α-hetero) is 1. The van der Waals surface area contributed by atoms with Crippen molar-refractivity contribution in [2.75, 3.05) is 7.11 Å². The Labute approximate surface area is 234 Å². The van der Waals surface area contributed by atoms with Crippen molar-refractivity contribution < 1.29 is 19.1 Å². The Bertz CT molecular complexity index is 1590. The number of nitrogens with one attached hydrogen (secondary N) is 1. The number of carbonyl (C=O) groups excluding carboxylic acids is 2. The third-order valence-corrected chi connectivity index (χ3v) is 8.44. The van der Waals surface area contributed by atoms with Crippen molar-refractivity contribution in [3.05, 3.63) is 130 Å². The van der Waals surface area contributed by atoms with Crippen LogP contribution >= 0.6 is 0 Å². The van der Waals surface area contributed by atoms with Crippen LogP contribution in [0.25, 0.3) is 0 Å². The first-order chi connectivity index (χ1) is 19.3. The Kier molecular flexibility index (Phi) is 6.31. The lowest BCUT2D eigenvalue weighted by atomic mass is 9.68. The normalized spacial score (nSPS) is 24.8. The molecule has 2 heterocycles. The van der Waals surface area contributed by atoms with Crippen LogP contribution < -0.4 is 10.1 Å². The number of hydrogen-bond donors (Lipinski definition) is 1. The lowest BCUT2D eigenvalue weighted by molar-refractivity contribution is -0.149. The molecule has 0 saturated heterocycles. The van der Waals surface area contributed by atoms with E-state index in [9.17, 15) is 4.79 Å². The Morgan fingerprint density at radius 1 is 0.975 bits per heavy atom. The van der Waals surface area contributed by atoms with Gasteiger partial charge in [0.2, 0.25) is 0 Å². The molecule has 6 heteroatoms. The van der Waals surface area contributed by atoms with Crippen molar-refractivity contribution in [3.63, 3.8) is 0 Å². The quantitative estimate of drug-likeness (QED) is 0.263. The highest BCUT2D eigenvalue weighted by atomic mass is 16.5. The highest BCUT2D eigenvalue weighted by Crippen LogP contribution is 2.67. The summed E-state index contributed by atoms with van der Waals surface area (Å²) in [4.78, 5) is 33.0. The van der Waals surface area contributed by atoms with Crippen LogP contribution in [0.5, 0.6) is 5.75 Å². The number of nitrogens with zero attached hydrogens (tertiary/aromatic N) is 1. The van der Waals surface area contributed by atoms with E-state index in [4.69, 9.17) is 9.47 Å². The summed E-state index contributed by atoms with van der Waals surface area (Å²) in [7, 11) is 1.34. The number of benzene rings is 3. The molecule has 3 aromatic carbocycles. The van der Waals surface area contributed by atoms with Crippen LogP contribution in [0.4, 0.5) is 0 Å².